The Balaban J connectivity index is 2.45. The lowest BCUT2D eigenvalue weighted by atomic mass is 10.1. The summed E-state index contributed by atoms with van der Waals surface area (Å²) in [5.41, 5.74) is 12.5. The highest BCUT2D eigenvalue weighted by molar-refractivity contribution is 14.2. The van der Waals surface area contributed by atoms with Crippen LogP contribution in [0.1, 0.15) is 5.56 Å². The number of allylic oxidation sites excluding steroid dienone is 1. The van der Waals surface area contributed by atoms with Crippen molar-refractivity contribution in [3.05, 3.63) is 39.5 Å². The van der Waals surface area contributed by atoms with Crippen molar-refractivity contribution in [2.75, 3.05) is 7.11 Å². The van der Waals surface area contributed by atoms with Crippen molar-refractivity contribution >= 4 is 36.1 Å². The maximum Gasteiger partial charge on any atom is 0.254 e. The molecule has 5 nitrogen and oxygen atoms in total. The predicted molar refractivity (Wildman–Crippen MR) is 80.0 cm³/mol. The number of nitrogens with two attached hydrogens (primary N) is 2. The van der Waals surface area contributed by atoms with Crippen molar-refractivity contribution in [1.29, 1.82) is 0 Å². The van der Waals surface area contributed by atoms with E-state index in [9.17, 15) is 4.79 Å². The highest BCUT2D eigenvalue weighted by atomic mass is 127. The standard InChI is InChI=1S/C12H12IN3O2/c1-18-8-4-2-3-7(5-8)10-6-9(11(14)17)13-12(15)16-10/h2-6H,1H3,(H2,14,17)(H2,15,16). The van der Waals surface area contributed by atoms with Crippen LogP contribution < -0.4 is 16.2 Å². The second-order valence-corrected chi connectivity index (χ2v) is 6.31. The molecule has 1 aromatic carbocycles. The fourth-order valence-corrected chi connectivity index (χ4v) is 3.16. The van der Waals surface area contributed by atoms with E-state index in [1.807, 2.05) is 24.3 Å². The quantitative estimate of drug-likeness (QED) is 0.787. The minimum absolute atomic E-state index is 0.430. The van der Waals surface area contributed by atoms with E-state index in [4.69, 9.17) is 16.2 Å². The van der Waals surface area contributed by atoms with E-state index in [-0.39, 0.29) is 0 Å². The lowest BCUT2D eigenvalue weighted by Gasteiger charge is -2.09. The smallest absolute Gasteiger partial charge is 0.254 e. The third-order valence-corrected chi connectivity index (χ3v) is 4.51. The second-order valence-electron chi connectivity index (χ2n) is 3.50. The van der Waals surface area contributed by atoms with Gasteiger partial charge in [0.15, 0.2) is 0 Å². The summed E-state index contributed by atoms with van der Waals surface area (Å²) in [4.78, 5) is 15.5. The maximum absolute atomic E-state index is 11.2. The highest BCUT2D eigenvalue weighted by Crippen LogP contribution is 2.22. The van der Waals surface area contributed by atoms with Gasteiger partial charge in [-0.2, -0.15) is 0 Å². The molecule has 0 atom stereocenters. The molecule has 18 heavy (non-hydrogen) atoms. The number of nitrogens with zero attached hydrogens (tertiary/aromatic N) is 1. The molecule has 0 radical (unpaired) electrons. The van der Waals surface area contributed by atoms with Crippen LogP contribution in [0.25, 0.3) is 0 Å². The minimum Gasteiger partial charge on any atom is -0.497 e. The van der Waals surface area contributed by atoms with E-state index in [2.05, 4.69) is 4.99 Å². The summed E-state index contributed by atoms with van der Waals surface area (Å²) in [5, 5.41) is 0. The molecule has 1 amide bonds. The summed E-state index contributed by atoms with van der Waals surface area (Å²) >= 11 is -0.723. The lowest BCUT2D eigenvalue weighted by Crippen LogP contribution is -2.18. The zero-order valence-corrected chi connectivity index (χ0v) is 11.8. The third kappa shape index (κ3) is 2.82. The molecule has 0 saturated heterocycles. The van der Waals surface area contributed by atoms with E-state index in [1.54, 1.807) is 13.2 Å². The first-order valence-corrected chi connectivity index (χ1v) is 7.28. The Kier molecular flexibility index (Phi) is 3.87. The number of rotatable bonds is 3. The van der Waals surface area contributed by atoms with Crippen LogP contribution >= 0.6 is 20.7 Å². The topological polar surface area (TPSA) is 90.7 Å². The van der Waals surface area contributed by atoms with Gasteiger partial charge in [-0.3, -0.25) is 10.5 Å². The van der Waals surface area contributed by atoms with Crippen molar-refractivity contribution in [1.82, 2.24) is 0 Å². The van der Waals surface area contributed by atoms with Gasteiger partial charge in [0.25, 0.3) is 5.91 Å². The summed E-state index contributed by atoms with van der Waals surface area (Å²) in [6.07, 6.45) is 1.71. The molecule has 6 heteroatoms. The molecule has 4 N–H and O–H groups in total. The van der Waals surface area contributed by atoms with Crippen LogP contribution in [-0.4, -0.2) is 22.5 Å². The molecule has 0 saturated carbocycles. The summed E-state index contributed by atoms with van der Waals surface area (Å²) in [5.74, 6) is 0.295. The number of amides is 1. The molecule has 0 spiro atoms. The number of carbonyl (C=O) groups excluding carboxylic acids is 1. The Hall–Kier alpha value is -1.54. The summed E-state index contributed by atoms with van der Waals surface area (Å²) in [6.45, 7) is 0. The molecule has 1 aliphatic rings. The Morgan fingerprint density at radius 3 is 2.89 bits per heavy atom. The van der Waals surface area contributed by atoms with Crippen LogP contribution in [0.4, 0.5) is 0 Å². The first-order chi connectivity index (χ1) is 8.60. The Bertz CT molecular complexity index is 591. The molecule has 94 valence electrons. The van der Waals surface area contributed by atoms with E-state index >= 15 is 0 Å². The fourth-order valence-electron chi connectivity index (χ4n) is 1.47. The number of halogens is 1. The number of carbonyl (C=O) groups is 1. The Labute approximate surface area is 114 Å². The van der Waals surface area contributed by atoms with Gasteiger partial charge in [0.05, 0.1) is 16.4 Å². The number of ether oxygens (including phenoxy) is 1. The van der Waals surface area contributed by atoms with Gasteiger partial charge in [-0.25, -0.2) is 4.99 Å². The van der Waals surface area contributed by atoms with E-state index in [1.165, 1.54) is 0 Å². The molecule has 0 bridgehead atoms. The zero-order chi connectivity index (χ0) is 13.1. The number of primary amides is 1. The average Bonchev–Trinajstić information content (AvgIpc) is 2.38. The number of benzene rings is 1. The Morgan fingerprint density at radius 1 is 1.44 bits per heavy atom. The first-order valence-electron chi connectivity index (χ1n) is 5.12. The molecule has 1 aromatic rings. The second kappa shape index (κ2) is 5.40. The van der Waals surface area contributed by atoms with Gasteiger partial charge in [-0.05, 0) is 38.9 Å². The normalized spacial score (nSPS) is 14.9. The van der Waals surface area contributed by atoms with Gasteiger partial charge in [0, 0.05) is 5.56 Å². The molecular formula is C12H12IN3O2. The molecule has 0 unspecified atom stereocenters. The maximum atomic E-state index is 11.2. The van der Waals surface area contributed by atoms with Crippen molar-refractivity contribution in [2.45, 2.75) is 0 Å². The van der Waals surface area contributed by atoms with E-state index < -0.39 is 26.6 Å². The lowest BCUT2D eigenvalue weighted by molar-refractivity contribution is -0.113. The van der Waals surface area contributed by atoms with Gasteiger partial charge in [-0.1, -0.05) is 12.1 Å². The monoisotopic (exact) mass is 357 g/mol. The fraction of sp³-hybridized carbons (Fsp3) is 0.0833. The Morgan fingerprint density at radius 2 is 2.22 bits per heavy atom. The van der Waals surface area contributed by atoms with Crippen LogP contribution in [0.15, 0.2) is 38.9 Å². The summed E-state index contributed by atoms with van der Waals surface area (Å²) in [7, 11) is 1.60. The van der Waals surface area contributed by atoms with Crippen LogP contribution in [0.5, 0.6) is 5.75 Å². The number of hydrogen-bond acceptors (Lipinski definition) is 4. The predicted octanol–water partition coefficient (Wildman–Crippen LogP) is 0.884. The first kappa shape index (κ1) is 12.9. The molecule has 0 aromatic heterocycles. The zero-order valence-electron chi connectivity index (χ0n) is 9.68. The highest BCUT2D eigenvalue weighted by Gasteiger charge is 2.13. The van der Waals surface area contributed by atoms with E-state index in [0.717, 1.165) is 11.3 Å². The largest absolute Gasteiger partial charge is 0.497 e. The van der Waals surface area contributed by atoms with Crippen molar-refractivity contribution in [3.63, 3.8) is 0 Å². The van der Waals surface area contributed by atoms with Crippen LogP contribution in [-0.2, 0) is 4.79 Å². The minimum atomic E-state index is -0.723. The molecule has 0 aliphatic carbocycles. The van der Waals surface area contributed by atoms with Crippen molar-refractivity contribution in [3.8, 4) is 5.75 Å². The molecule has 2 rings (SSSR count). The van der Waals surface area contributed by atoms with Gasteiger partial charge < -0.3 is 10.5 Å². The van der Waals surface area contributed by atoms with Gasteiger partial charge in [0.2, 0.25) is 0 Å². The molecular weight excluding hydrogens is 345 g/mol. The summed E-state index contributed by atoms with van der Waals surface area (Å²) < 4.78 is 6.21. The van der Waals surface area contributed by atoms with Crippen LogP contribution in [0.2, 0.25) is 0 Å². The number of hydrogen-bond donors (Lipinski definition) is 2. The average molecular weight is 357 g/mol. The molecule has 1 aliphatic heterocycles. The third-order valence-electron chi connectivity index (χ3n) is 2.29. The van der Waals surface area contributed by atoms with E-state index in [0.29, 0.717) is 13.0 Å². The number of methoxy groups -OCH3 is 1. The van der Waals surface area contributed by atoms with Crippen LogP contribution in [0, 0.1) is 0 Å². The molecule has 0 fully saturated rings. The SMILES string of the molecule is COc1cccc(C2=NC(N)=IC(C(N)=O)=C2)c1. The van der Waals surface area contributed by atoms with Crippen molar-refractivity contribution < 1.29 is 9.53 Å². The van der Waals surface area contributed by atoms with Crippen LogP contribution in [0.3, 0.4) is 0 Å². The number of aliphatic imine (C=N–C) groups is 1. The van der Waals surface area contributed by atoms with Gasteiger partial charge in [0.1, 0.15) is 9.51 Å². The van der Waals surface area contributed by atoms with Gasteiger partial charge >= 0.3 is 0 Å². The van der Waals surface area contributed by atoms with Gasteiger partial charge in [-0.15, -0.1) is 0 Å². The molecule has 1 heterocycles. The summed E-state index contributed by atoms with van der Waals surface area (Å²) in [6, 6.07) is 7.41. The van der Waals surface area contributed by atoms with Crippen molar-refractivity contribution in [2.24, 2.45) is 16.5 Å².